The molecule has 1 rings (SSSR count). The molecule has 0 unspecified atom stereocenters. The Morgan fingerprint density at radius 3 is 2.69 bits per heavy atom. The quantitative estimate of drug-likeness (QED) is 0.623. The van der Waals surface area contributed by atoms with Crippen LogP contribution < -0.4 is 5.56 Å². The van der Waals surface area contributed by atoms with Gasteiger partial charge >= 0.3 is 11.4 Å². The van der Waals surface area contributed by atoms with Crippen molar-refractivity contribution >= 4 is 5.82 Å². The van der Waals surface area contributed by atoms with Crippen molar-refractivity contribution in [1.29, 1.82) is 5.26 Å². The number of nitrogens with one attached hydrogen (secondary N) is 1. The van der Waals surface area contributed by atoms with Gasteiger partial charge in [-0.25, -0.2) is 18.6 Å². The number of hydrogen-bond donors (Lipinski definition) is 1. The van der Waals surface area contributed by atoms with Gasteiger partial charge in [0, 0.05) is 0 Å². The highest BCUT2D eigenvalue weighted by Crippen LogP contribution is 2.20. The Labute approximate surface area is 87.3 Å². The number of alkyl halides is 2. The second-order valence-corrected chi connectivity index (χ2v) is 2.82. The Morgan fingerprint density at radius 1 is 1.62 bits per heavy atom. The summed E-state index contributed by atoms with van der Waals surface area (Å²) in [6, 6.07) is 2.28. The summed E-state index contributed by atoms with van der Waals surface area (Å²) in [5.41, 5.74) is -2.33. The van der Waals surface area contributed by atoms with Gasteiger partial charge in [0.25, 0.3) is 6.43 Å². The molecule has 8 heteroatoms. The summed E-state index contributed by atoms with van der Waals surface area (Å²) in [5, 5.41) is 18.8. The van der Waals surface area contributed by atoms with E-state index in [1.54, 1.807) is 11.1 Å². The van der Waals surface area contributed by atoms with Gasteiger partial charge in [-0.15, -0.1) is 0 Å². The van der Waals surface area contributed by atoms with E-state index in [-0.39, 0.29) is 5.56 Å². The van der Waals surface area contributed by atoms with Crippen LogP contribution in [0.15, 0.2) is 10.9 Å². The lowest BCUT2D eigenvalue weighted by atomic mass is 10.1. The number of pyridine rings is 1. The molecule has 1 aromatic heterocycles. The van der Waals surface area contributed by atoms with Crippen molar-refractivity contribution in [3.05, 3.63) is 37.7 Å². The molecule has 6 nitrogen and oxygen atoms in total. The van der Waals surface area contributed by atoms with Crippen molar-refractivity contribution in [3.63, 3.8) is 0 Å². The molecule has 0 atom stereocenters. The Kier molecular flexibility index (Phi) is 3.30. The van der Waals surface area contributed by atoms with Gasteiger partial charge in [0.2, 0.25) is 0 Å². The average molecular weight is 229 g/mol. The largest absolute Gasteiger partial charge is 0.358 e. The van der Waals surface area contributed by atoms with E-state index in [4.69, 9.17) is 5.26 Å². The number of nitriles is 1. The SMILES string of the molecule is N#CCc1cc(C(F)F)c(=O)[nH]c1[N+](=O)[O-]. The zero-order chi connectivity index (χ0) is 12.3. The molecule has 1 aromatic rings. The van der Waals surface area contributed by atoms with Crippen LogP contribution in [0, 0.1) is 21.4 Å². The maximum Gasteiger partial charge on any atom is 0.340 e. The zero-order valence-electron chi connectivity index (χ0n) is 7.74. The van der Waals surface area contributed by atoms with Gasteiger partial charge in [-0.3, -0.25) is 0 Å². The normalized spacial score (nSPS) is 10.1. The van der Waals surface area contributed by atoms with Gasteiger partial charge in [-0.2, -0.15) is 5.26 Å². The van der Waals surface area contributed by atoms with Gasteiger partial charge in [0.1, 0.15) is 5.56 Å². The topological polar surface area (TPSA) is 99.8 Å². The second-order valence-electron chi connectivity index (χ2n) is 2.82. The number of nitro groups is 1. The molecule has 0 spiro atoms. The lowest BCUT2D eigenvalue weighted by Crippen LogP contribution is -2.16. The van der Waals surface area contributed by atoms with Crippen molar-refractivity contribution < 1.29 is 13.7 Å². The van der Waals surface area contributed by atoms with E-state index < -0.39 is 34.7 Å². The maximum atomic E-state index is 12.3. The van der Waals surface area contributed by atoms with Gasteiger partial charge in [0.15, 0.2) is 0 Å². The molecule has 0 bridgehead atoms. The predicted molar refractivity (Wildman–Crippen MR) is 48.0 cm³/mol. The maximum absolute atomic E-state index is 12.3. The molecule has 0 aliphatic heterocycles. The fraction of sp³-hybridized carbons (Fsp3) is 0.250. The van der Waals surface area contributed by atoms with Crippen LogP contribution in [0.5, 0.6) is 0 Å². The molecule has 0 aliphatic carbocycles. The first-order valence-corrected chi connectivity index (χ1v) is 4.03. The average Bonchev–Trinajstić information content (AvgIpc) is 2.19. The molecular formula is C8H5F2N3O3. The van der Waals surface area contributed by atoms with Crippen molar-refractivity contribution in [2.45, 2.75) is 12.8 Å². The highest BCUT2D eigenvalue weighted by molar-refractivity contribution is 5.37. The standard InChI is InChI=1S/C8H5F2N3O3/c9-6(10)5-3-4(1-2-11)7(13(15)16)12-8(5)14/h3,6H,1H2,(H,12,14). The van der Waals surface area contributed by atoms with Crippen molar-refractivity contribution in [2.24, 2.45) is 0 Å². The lowest BCUT2D eigenvalue weighted by molar-refractivity contribution is -0.390. The monoisotopic (exact) mass is 229 g/mol. The van der Waals surface area contributed by atoms with Gasteiger partial charge in [-0.1, -0.05) is 0 Å². The van der Waals surface area contributed by atoms with E-state index in [0.717, 1.165) is 0 Å². The molecule has 0 saturated heterocycles. The Bertz CT molecular complexity index is 518. The van der Waals surface area contributed by atoms with Crippen LogP contribution in [-0.2, 0) is 6.42 Å². The molecule has 0 aromatic carbocycles. The number of aromatic amines is 1. The highest BCUT2D eigenvalue weighted by Gasteiger charge is 2.21. The van der Waals surface area contributed by atoms with Crippen LogP contribution in [0.4, 0.5) is 14.6 Å². The predicted octanol–water partition coefficient (Wildman–Crippen LogP) is 1.29. The zero-order valence-corrected chi connectivity index (χ0v) is 7.74. The Hall–Kier alpha value is -2.30. The number of rotatable bonds is 3. The first-order valence-electron chi connectivity index (χ1n) is 4.03. The summed E-state index contributed by atoms with van der Waals surface area (Å²) < 4.78 is 24.6. The van der Waals surface area contributed by atoms with Crippen LogP contribution in [0.2, 0.25) is 0 Å². The molecule has 0 amide bonds. The Morgan fingerprint density at radius 2 is 2.25 bits per heavy atom. The molecule has 84 valence electrons. The molecule has 1 heterocycles. The Balaban J connectivity index is 3.44. The number of aromatic nitrogens is 1. The third-order valence-electron chi connectivity index (χ3n) is 1.82. The fourth-order valence-corrected chi connectivity index (χ4v) is 1.13. The number of H-pyrrole nitrogens is 1. The molecule has 0 fully saturated rings. The number of nitrogens with zero attached hydrogens (tertiary/aromatic N) is 2. The molecule has 0 aliphatic rings. The summed E-state index contributed by atoms with van der Waals surface area (Å²) in [6.07, 6.45) is -3.46. The minimum atomic E-state index is -3.04. The fourth-order valence-electron chi connectivity index (χ4n) is 1.13. The molecule has 0 saturated carbocycles. The minimum Gasteiger partial charge on any atom is -0.358 e. The van der Waals surface area contributed by atoms with Crippen LogP contribution in [0.25, 0.3) is 0 Å². The van der Waals surface area contributed by atoms with E-state index in [2.05, 4.69) is 0 Å². The van der Waals surface area contributed by atoms with Crippen LogP contribution in [-0.4, -0.2) is 9.91 Å². The van der Waals surface area contributed by atoms with Gasteiger partial charge in [0.05, 0.1) is 18.1 Å². The first kappa shape index (κ1) is 11.8. The van der Waals surface area contributed by atoms with Crippen molar-refractivity contribution in [3.8, 4) is 6.07 Å². The number of halogens is 2. The number of hydrogen-bond acceptors (Lipinski definition) is 4. The van der Waals surface area contributed by atoms with Crippen LogP contribution in [0.1, 0.15) is 17.6 Å². The minimum absolute atomic E-state index is 0.234. The van der Waals surface area contributed by atoms with E-state index in [1.807, 2.05) is 0 Å². The van der Waals surface area contributed by atoms with Crippen molar-refractivity contribution in [2.75, 3.05) is 0 Å². The van der Waals surface area contributed by atoms with E-state index in [9.17, 15) is 23.7 Å². The van der Waals surface area contributed by atoms with Gasteiger partial charge in [-0.05, 0) is 11.0 Å². The van der Waals surface area contributed by atoms with Crippen molar-refractivity contribution in [1.82, 2.24) is 4.98 Å². The smallest absolute Gasteiger partial charge is 0.340 e. The summed E-state index contributed by atoms with van der Waals surface area (Å²) in [4.78, 5) is 22.3. The van der Waals surface area contributed by atoms with Crippen LogP contribution >= 0.6 is 0 Å². The van der Waals surface area contributed by atoms with Gasteiger partial charge < -0.3 is 10.1 Å². The summed E-state index contributed by atoms with van der Waals surface area (Å²) in [5.74, 6) is -0.726. The second kappa shape index (κ2) is 4.48. The molecule has 1 N–H and O–H groups in total. The summed E-state index contributed by atoms with van der Waals surface area (Å²) >= 11 is 0. The molecule has 0 radical (unpaired) electrons. The lowest BCUT2D eigenvalue weighted by Gasteiger charge is -2.02. The first-order chi connectivity index (χ1) is 7.47. The third kappa shape index (κ3) is 2.20. The van der Waals surface area contributed by atoms with E-state index >= 15 is 0 Å². The van der Waals surface area contributed by atoms with Crippen LogP contribution in [0.3, 0.4) is 0 Å². The van der Waals surface area contributed by atoms with E-state index in [1.165, 1.54) is 0 Å². The van der Waals surface area contributed by atoms with E-state index in [0.29, 0.717) is 6.07 Å². The summed E-state index contributed by atoms with van der Waals surface area (Å²) in [7, 11) is 0. The third-order valence-corrected chi connectivity index (χ3v) is 1.82. The summed E-state index contributed by atoms with van der Waals surface area (Å²) in [6.45, 7) is 0. The molecule has 16 heavy (non-hydrogen) atoms. The molecular weight excluding hydrogens is 224 g/mol. The highest BCUT2D eigenvalue weighted by atomic mass is 19.3.